The molecule has 0 amide bonds. The van der Waals surface area contributed by atoms with Crippen molar-refractivity contribution in [3.8, 4) is 12.3 Å². The fraction of sp³-hybridized carbons (Fsp3) is 0. The molecule has 2 aromatic rings. The highest BCUT2D eigenvalue weighted by Crippen LogP contribution is 2.14. The Bertz CT molecular complexity index is 615. The number of hydrogen-bond donors (Lipinski definition) is 2. The molecule has 88 valence electrons. The zero-order valence-electron chi connectivity index (χ0n) is 9.29. The molecule has 0 aliphatic heterocycles. The highest BCUT2D eigenvalue weighted by molar-refractivity contribution is 5.85. The number of carboxylic acids is 1. The Kier molecular flexibility index (Phi) is 3.21. The van der Waals surface area contributed by atoms with E-state index < -0.39 is 5.97 Å². The van der Waals surface area contributed by atoms with Crippen LogP contribution in [0, 0.1) is 12.3 Å². The van der Waals surface area contributed by atoms with Gasteiger partial charge in [0.25, 0.3) is 0 Å². The fourth-order valence-corrected chi connectivity index (χ4v) is 1.34. The van der Waals surface area contributed by atoms with Crippen LogP contribution in [0.15, 0.2) is 36.7 Å². The Morgan fingerprint density at radius 1 is 1.33 bits per heavy atom. The highest BCUT2D eigenvalue weighted by Gasteiger charge is 2.04. The quantitative estimate of drug-likeness (QED) is 0.800. The van der Waals surface area contributed by atoms with Crippen LogP contribution >= 0.6 is 0 Å². The van der Waals surface area contributed by atoms with E-state index in [4.69, 9.17) is 11.5 Å². The molecule has 0 unspecified atom stereocenters. The Balaban J connectivity index is 2.18. The molecule has 0 fully saturated rings. The van der Waals surface area contributed by atoms with Crippen LogP contribution in [0.5, 0.6) is 0 Å². The molecule has 2 rings (SSSR count). The summed E-state index contributed by atoms with van der Waals surface area (Å²) in [5, 5.41) is 11.7. The molecule has 1 aromatic heterocycles. The van der Waals surface area contributed by atoms with Crippen LogP contribution in [-0.4, -0.2) is 21.0 Å². The third-order valence-corrected chi connectivity index (χ3v) is 2.17. The van der Waals surface area contributed by atoms with E-state index in [-0.39, 0.29) is 5.69 Å². The van der Waals surface area contributed by atoms with E-state index in [1.807, 2.05) is 18.2 Å². The van der Waals surface area contributed by atoms with Crippen LogP contribution in [0.4, 0.5) is 11.5 Å². The lowest BCUT2D eigenvalue weighted by atomic mass is 10.2. The first-order valence-corrected chi connectivity index (χ1v) is 5.08. The van der Waals surface area contributed by atoms with Crippen molar-refractivity contribution in [2.75, 3.05) is 5.32 Å². The van der Waals surface area contributed by atoms with Crippen molar-refractivity contribution in [1.82, 2.24) is 9.97 Å². The average molecular weight is 239 g/mol. The first-order valence-electron chi connectivity index (χ1n) is 5.08. The number of aromatic nitrogens is 2. The van der Waals surface area contributed by atoms with Gasteiger partial charge < -0.3 is 10.4 Å². The van der Waals surface area contributed by atoms with Gasteiger partial charge in [-0.25, -0.2) is 14.8 Å². The summed E-state index contributed by atoms with van der Waals surface area (Å²) < 4.78 is 0. The van der Waals surface area contributed by atoms with Crippen molar-refractivity contribution in [2.24, 2.45) is 0 Å². The SMILES string of the molecule is C#Cc1cccc(Nc2cnc(C(=O)O)cn2)c1. The minimum Gasteiger partial charge on any atom is -0.476 e. The van der Waals surface area contributed by atoms with E-state index in [1.165, 1.54) is 12.4 Å². The topological polar surface area (TPSA) is 75.1 Å². The summed E-state index contributed by atoms with van der Waals surface area (Å²) in [5.41, 5.74) is 1.41. The lowest BCUT2D eigenvalue weighted by molar-refractivity contribution is 0.0690. The van der Waals surface area contributed by atoms with Gasteiger partial charge in [-0.3, -0.25) is 0 Å². The molecule has 0 atom stereocenters. The zero-order valence-corrected chi connectivity index (χ0v) is 9.29. The Morgan fingerprint density at radius 2 is 2.17 bits per heavy atom. The molecule has 0 spiro atoms. The van der Waals surface area contributed by atoms with Crippen molar-refractivity contribution in [3.05, 3.63) is 47.9 Å². The van der Waals surface area contributed by atoms with Crippen LogP contribution in [-0.2, 0) is 0 Å². The monoisotopic (exact) mass is 239 g/mol. The molecule has 0 radical (unpaired) electrons. The van der Waals surface area contributed by atoms with E-state index >= 15 is 0 Å². The molecule has 0 bridgehead atoms. The van der Waals surface area contributed by atoms with Crippen LogP contribution in [0.1, 0.15) is 16.1 Å². The summed E-state index contributed by atoms with van der Waals surface area (Å²) in [6.07, 6.45) is 7.84. The van der Waals surface area contributed by atoms with Crippen LogP contribution in [0.25, 0.3) is 0 Å². The predicted octanol–water partition coefficient (Wildman–Crippen LogP) is 1.90. The molecule has 0 aliphatic rings. The molecule has 2 N–H and O–H groups in total. The van der Waals surface area contributed by atoms with Crippen molar-refractivity contribution in [1.29, 1.82) is 0 Å². The van der Waals surface area contributed by atoms with E-state index in [0.717, 1.165) is 11.3 Å². The summed E-state index contributed by atoms with van der Waals surface area (Å²) in [4.78, 5) is 18.3. The maximum absolute atomic E-state index is 10.6. The van der Waals surface area contributed by atoms with Crippen LogP contribution in [0.3, 0.4) is 0 Å². The van der Waals surface area contributed by atoms with E-state index in [9.17, 15) is 4.79 Å². The van der Waals surface area contributed by atoms with Gasteiger partial charge in [0.2, 0.25) is 0 Å². The van der Waals surface area contributed by atoms with Gasteiger partial charge in [0.15, 0.2) is 5.69 Å². The summed E-state index contributed by atoms with van der Waals surface area (Å²) >= 11 is 0. The minimum absolute atomic E-state index is 0.0991. The van der Waals surface area contributed by atoms with E-state index in [0.29, 0.717) is 5.82 Å². The molecule has 0 aliphatic carbocycles. The molecule has 1 heterocycles. The second-order valence-corrected chi connectivity index (χ2v) is 3.44. The minimum atomic E-state index is -1.11. The van der Waals surface area contributed by atoms with Crippen LogP contribution < -0.4 is 5.32 Å². The number of rotatable bonds is 3. The number of anilines is 2. The van der Waals surface area contributed by atoms with Crippen LogP contribution in [0.2, 0.25) is 0 Å². The molecule has 18 heavy (non-hydrogen) atoms. The molecule has 0 saturated heterocycles. The zero-order chi connectivity index (χ0) is 13.0. The van der Waals surface area contributed by atoms with Gasteiger partial charge in [-0.1, -0.05) is 12.0 Å². The molecule has 1 aromatic carbocycles. The predicted molar refractivity (Wildman–Crippen MR) is 66.7 cm³/mol. The summed E-state index contributed by atoms with van der Waals surface area (Å²) in [7, 11) is 0. The normalized spacial score (nSPS) is 9.50. The molecule has 5 nitrogen and oxygen atoms in total. The van der Waals surface area contributed by atoms with Gasteiger partial charge in [0.05, 0.1) is 12.4 Å². The largest absolute Gasteiger partial charge is 0.476 e. The average Bonchev–Trinajstić information content (AvgIpc) is 2.39. The maximum atomic E-state index is 10.6. The summed E-state index contributed by atoms with van der Waals surface area (Å²) in [5.74, 6) is 1.87. The third kappa shape index (κ3) is 2.62. The Labute approximate surface area is 104 Å². The van der Waals surface area contributed by atoms with Gasteiger partial charge in [0.1, 0.15) is 5.82 Å². The standard InChI is InChI=1S/C13H9N3O2/c1-2-9-4-3-5-10(6-9)16-12-8-14-11(7-15-12)13(17)18/h1,3-8H,(H,15,16)(H,17,18). The van der Waals surface area contributed by atoms with Crippen molar-refractivity contribution >= 4 is 17.5 Å². The summed E-state index contributed by atoms with van der Waals surface area (Å²) in [6, 6.07) is 7.24. The number of carboxylic acid groups (broad SMARTS) is 1. The molecular formula is C13H9N3O2. The van der Waals surface area contributed by atoms with E-state index in [1.54, 1.807) is 6.07 Å². The Hall–Kier alpha value is -2.87. The number of hydrogen-bond acceptors (Lipinski definition) is 4. The highest BCUT2D eigenvalue weighted by atomic mass is 16.4. The fourth-order valence-electron chi connectivity index (χ4n) is 1.34. The lowest BCUT2D eigenvalue weighted by Crippen LogP contribution is -2.02. The smallest absolute Gasteiger partial charge is 0.356 e. The Morgan fingerprint density at radius 3 is 2.78 bits per heavy atom. The molecule has 5 heteroatoms. The second-order valence-electron chi connectivity index (χ2n) is 3.44. The van der Waals surface area contributed by atoms with Crippen molar-refractivity contribution in [3.63, 3.8) is 0 Å². The van der Waals surface area contributed by atoms with Gasteiger partial charge in [-0.15, -0.1) is 6.42 Å². The van der Waals surface area contributed by atoms with Gasteiger partial charge in [-0.2, -0.15) is 0 Å². The lowest BCUT2D eigenvalue weighted by Gasteiger charge is -2.05. The number of benzene rings is 1. The summed E-state index contributed by atoms with van der Waals surface area (Å²) in [6.45, 7) is 0. The number of nitrogens with zero attached hydrogens (tertiary/aromatic N) is 2. The second kappa shape index (κ2) is 4.97. The number of aromatic carboxylic acids is 1. The number of carbonyl (C=O) groups is 1. The molecule has 0 saturated carbocycles. The molecular weight excluding hydrogens is 230 g/mol. The number of terminal acetylenes is 1. The van der Waals surface area contributed by atoms with Gasteiger partial charge in [-0.05, 0) is 18.2 Å². The third-order valence-electron chi connectivity index (χ3n) is 2.17. The van der Waals surface area contributed by atoms with Gasteiger partial charge >= 0.3 is 5.97 Å². The number of nitrogens with one attached hydrogen (secondary N) is 1. The first kappa shape index (κ1) is 11.6. The van der Waals surface area contributed by atoms with Gasteiger partial charge in [0, 0.05) is 11.3 Å². The first-order chi connectivity index (χ1) is 8.69. The van der Waals surface area contributed by atoms with Crippen molar-refractivity contribution in [2.45, 2.75) is 0 Å². The van der Waals surface area contributed by atoms with Crippen molar-refractivity contribution < 1.29 is 9.90 Å². The van der Waals surface area contributed by atoms with E-state index in [2.05, 4.69) is 21.2 Å². The maximum Gasteiger partial charge on any atom is 0.356 e.